The summed E-state index contributed by atoms with van der Waals surface area (Å²) in [6.45, 7) is -0.151. The number of carbonyl (C=O) groups is 2. The average molecular weight is 346 g/mol. The number of aryl methyl sites for hydroxylation is 1. The van der Waals surface area contributed by atoms with Crippen molar-refractivity contribution >= 4 is 17.5 Å². The highest BCUT2D eigenvalue weighted by molar-refractivity contribution is 6.39. The van der Waals surface area contributed by atoms with Gasteiger partial charge in [0, 0.05) is 6.07 Å². The Kier molecular flexibility index (Phi) is 4.50. The van der Waals surface area contributed by atoms with Gasteiger partial charge in [-0.3, -0.25) is 9.59 Å². The van der Waals surface area contributed by atoms with E-state index in [1.807, 2.05) is 17.4 Å². The summed E-state index contributed by atoms with van der Waals surface area (Å²) < 4.78 is 26.6. The van der Waals surface area contributed by atoms with Gasteiger partial charge < -0.3 is 15.7 Å². The summed E-state index contributed by atoms with van der Waals surface area (Å²) in [5, 5.41) is 15.0. The first-order valence-electron chi connectivity index (χ1n) is 7.74. The van der Waals surface area contributed by atoms with Crippen molar-refractivity contribution in [2.45, 2.75) is 18.4 Å². The zero-order valence-corrected chi connectivity index (χ0v) is 13.2. The molecule has 25 heavy (non-hydrogen) atoms. The van der Waals surface area contributed by atoms with E-state index in [1.165, 1.54) is 0 Å². The Hall–Kier alpha value is -2.80. The highest BCUT2D eigenvalue weighted by Crippen LogP contribution is 2.36. The standard InChI is InChI=1S/C18H16F2N2O3/c19-12-5-6-14(20)15(9-12)22-17(24)16(23)21-10-18(25)8-7-11-3-1-2-4-13(11)18/h1-6,9,25H,7-8,10H2,(H,21,23)(H,22,24)/t18-/m0/s1. The zero-order chi connectivity index (χ0) is 18.0. The summed E-state index contributed by atoms with van der Waals surface area (Å²) in [6, 6.07) is 9.85. The predicted molar refractivity (Wildman–Crippen MR) is 86.7 cm³/mol. The maximum absolute atomic E-state index is 13.5. The van der Waals surface area contributed by atoms with Gasteiger partial charge >= 0.3 is 11.8 Å². The lowest BCUT2D eigenvalue weighted by Crippen LogP contribution is -2.43. The van der Waals surface area contributed by atoms with Gasteiger partial charge in [-0.15, -0.1) is 0 Å². The molecule has 0 radical (unpaired) electrons. The molecule has 0 aromatic heterocycles. The molecule has 0 fully saturated rings. The molecule has 1 atom stereocenters. The summed E-state index contributed by atoms with van der Waals surface area (Å²) >= 11 is 0. The van der Waals surface area contributed by atoms with Gasteiger partial charge in [0.1, 0.15) is 17.2 Å². The molecular formula is C18H16F2N2O3. The van der Waals surface area contributed by atoms with E-state index < -0.39 is 34.7 Å². The molecule has 2 amide bonds. The summed E-state index contributed by atoms with van der Waals surface area (Å²) in [5.74, 6) is -3.78. The Morgan fingerprint density at radius 2 is 1.88 bits per heavy atom. The van der Waals surface area contributed by atoms with E-state index in [0.29, 0.717) is 18.4 Å². The number of halogens is 2. The topological polar surface area (TPSA) is 78.4 Å². The maximum atomic E-state index is 13.5. The number of fused-ring (bicyclic) bond motifs is 1. The van der Waals surface area contributed by atoms with Crippen molar-refractivity contribution in [2.75, 3.05) is 11.9 Å². The molecule has 0 unspecified atom stereocenters. The molecule has 0 heterocycles. The normalized spacial score (nSPS) is 18.5. The van der Waals surface area contributed by atoms with Crippen LogP contribution in [0.3, 0.4) is 0 Å². The molecule has 0 saturated heterocycles. The molecule has 130 valence electrons. The van der Waals surface area contributed by atoms with Crippen molar-refractivity contribution in [1.82, 2.24) is 5.32 Å². The van der Waals surface area contributed by atoms with E-state index in [-0.39, 0.29) is 6.54 Å². The predicted octanol–water partition coefficient (Wildman–Crippen LogP) is 1.85. The minimum Gasteiger partial charge on any atom is -0.383 e. The molecule has 0 spiro atoms. The molecular weight excluding hydrogens is 330 g/mol. The number of rotatable bonds is 3. The van der Waals surface area contributed by atoms with E-state index in [0.717, 1.165) is 23.8 Å². The molecule has 1 aliphatic rings. The number of anilines is 1. The Balaban J connectivity index is 1.63. The Morgan fingerprint density at radius 1 is 1.12 bits per heavy atom. The van der Waals surface area contributed by atoms with E-state index in [4.69, 9.17) is 0 Å². The van der Waals surface area contributed by atoms with Crippen LogP contribution < -0.4 is 10.6 Å². The number of aliphatic hydroxyl groups is 1. The SMILES string of the molecule is O=C(NC[C@@]1(O)CCc2ccccc21)C(=O)Nc1cc(F)ccc1F. The third kappa shape index (κ3) is 3.51. The van der Waals surface area contributed by atoms with Gasteiger partial charge in [0.25, 0.3) is 0 Å². The minimum atomic E-state index is -1.25. The zero-order valence-electron chi connectivity index (χ0n) is 13.2. The van der Waals surface area contributed by atoms with Crippen molar-refractivity contribution in [3.8, 4) is 0 Å². The number of hydrogen-bond acceptors (Lipinski definition) is 3. The van der Waals surface area contributed by atoms with Crippen LogP contribution in [0, 0.1) is 11.6 Å². The van der Waals surface area contributed by atoms with E-state index in [1.54, 1.807) is 12.1 Å². The molecule has 2 aromatic carbocycles. The minimum absolute atomic E-state index is 0.151. The van der Waals surface area contributed by atoms with E-state index >= 15 is 0 Å². The summed E-state index contributed by atoms with van der Waals surface area (Å²) in [6.07, 6.45) is 1.09. The van der Waals surface area contributed by atoms with Crippen molar-refractivity contribution in [2.24, 2.45) is 0 Å². The lowest BCUT2D eigenvalue weighted by Gasteiger charge is -2.24. The molecule has 3 rings (SSSR count). The molecule has 0 saturated carbocycles. The highest BCUT2D eigenvalue weighted by atomic mass is 19.1. The fourth-order valence-electron chi connectivity index (χ4n) is 2.93. The van der Waals surface area contributed by atoms with Gasteiger partial charge in [-0.25, -0.2) is 8.78 Å². The monoisotopic (exact) mass is 346 g/mol. The second-order valence-corrected chi connectivity index (χ2v) is 5.95. The smallest absolute Gasteiger partial charge is 0.313 e. The largest absolute Gasteiger partial charge is 0.383 e. The van der Waals surface area contributed by atoms with Crippen LogP contribution in [0.5, 0.6) is 0 Å². The summed E-state index contributed by atoms with van der Waals surface area (Å²) in [4.78, 5) is 23.7. The molecule has 7 heteroatoms. The van der Waals surface area contributed by atoms with Crippen LogP contribution in [0.25, 0.3) is 0 Å². The average Bonchev–Trinajstić information content (AvgIpc) is 2.94. The first kappa shape index (κ1) is 17.0. The van der Waals surface area contributed by atoms with Crippen molar-refractivity contribution < 1.29 is 23.5 Å². The molecule has 0 aliphatic heterocycles. The van der Waals surface area contributed by atoms with Crippen LogP contribution in [-0.2, 0) is 21.6 Å². The second kappa shape index (κ2) is 6.60. The van der Waals surface area contributed by atoms with Crippen LogP contribution in [0.1, 0.15) is 17.5 Å². The number of benzene rings is 2. The number of nitrogens with one attached hydrogen (secondary N) is 2. The second-order valence-electron chi connectivity index (χ2n) is 5.95. The number of amides is 2. The third-order valence-electron chi connectivity index (χ3n) is 4.25. The lowest BCUT2D eigenvalue weighted by molar-refractivity contribution is -0.136. The van der Waals surface area contributed by atoms with Crippen molar-refractivity contribution in [3.63, 3.8) is 0 Å². The van der Waals surface area contributed by atoms with Crippen LogP contribution >= 0.6 is 0 Å². The number of hydrogen-bond donors (Lipinski definition) is 3. The van der Waals surface area contributed by atoms with E-state index in [9.17, 15) is 23.5 Å². The van der Waals surface area contributed by atoms with Crippen LogP contribution in [-0.4, -0.2) is 23.5 Å². The third-order valence-corrected chi connectivity index (χ3v) is 4.25. The highest BCUT2D eigenvalue weighted by Gasteiger charge is 2.37. The summed E-state index contributed by atoms with van der Waals surface area (Å²) in [7, 11) is 0. The van der Waals surface area contributed by atoms with Gasteiger partial charge in [0.05, 0.1) is 12.2 Å². The molecule has 2 aromatic rings. The maximum Gasteiger partial charge on any atom is 0.313 e. The van der Waals surface area contributed by atoms with Crippen LogP contribution in [0.2, 0.25) is 0 Å². The Morgan fingerprint density at radius 3 is 2.68 bits per heavy atom. The van der Waals surface area contributed by atoms with Gasteiger partial charge in [-0.05, 0) is 36.1 Å². The van der Waals surface area contributed by atoms with Crippen molar-refractivity contribution in [3.05, 3.63) is 65.2 Å². The van der Waals surface area contributed by atoms with Gasteiger partial charge in [0.15, 0.2) is 0 Å². The lowest BCUT2D eigenvalue weighted by atomic mass is 9.96. The fourth-order valence-corrected chi connectivity index (χ4v) is 2.93. The van der Waals surface area contributed by atoms with Gasteiger partial charge in [-0.1, -0.05) is 24.3 Å². The Bertz CT molecular complexity index is 841. The van der Waals surface area contributed by atoms with Gasteiger partial charge in [-0.2, -0.15) is 0 Å². The first-order valence-corrected chi connectivity index (χ1v) is 7.74. The van der Waals surface area contributed by atoms with Crippen LogP contribution in [0.4, 0.5) is 14.5 Å². The molecule has 3 N–H and O–H groups in total. The molecule has 1 aliphatic carbocycles. The van der Waals surface area contributed by atoms with Gasteiger partial charge in [0.2, 0.25) is 0 Å². The van der Waals surface area contributed by atoms with Crippen molar-refractivity contribution in [1.29, 1.82) is 0 Å². The van der Waals surface area contributed by atoms with Crippen LogP contribution in [0.15, 0.2) is 42.5 Å². The fraction of sp³-hybridized carbons (Fsp3) is 0.222. The summed E-state index contributed by atoms with van der Waals surface area (Å²) in [5.41, 5.74) is 0.0267. The first-order chi connectivity index (χ1) is 11.9. The molecule has 5 nitrogen and oxygen atoms in total. The van der Waals surface area contributed by atoms with E-state index in [2.05, 4.69) is 5.32 Å². The quantitative estimate of drug-likeness (QED) is 0.742. The molecule has 0 bridgehead atoms. The number of carbonyl (C=O) groups excluding carboxylic acids is 2. The Labute approximate surface area is 142 Å².